The molecule has 0 bridgehead atoms. The van der Waals surface area contributed by atoms with Crippen LogP contribution in [-0.4, -0.2) is 13.2 Å². The minimum absolute atomic E-state index is 0.461. The number of nitrogen functional groups attached to an aromatic ring is 1. The van der Waals surface area contributed by atoms with E-state index in [2.05, 4.69) is 13.2 Å². The fraction of sp³-hybridized carbons (Fsp3) is 0.231. The Kier molecular flexibility index (Phi) is 5.16. The highest BCUT2D eigenvalue weighted by molar-refractivity contribution is 5.50. The Hall–Kier alpha value is -1.74. The van der Waals surface area contributed by atoms with Crippen molar-refractivity contribution in [1.82, 2.24) is 0 Å². The SMILES string of the molecule is C=CCOCc1cc(OCC=C)ccc1N. The lowest BCUT2D eigenvalue weighted by Gasteiger charge is -2.09. The van der Waals surface area contributed by atoms with Crippen molar-refractivity contribution < 1.29 is 9.47 Å². The fourth-order valence-corrected chi connectivity index (χ4v) is 1.20. The van der Waals surface area contributed by atoms with E-state index < -0.39 is 0 Å². The molecule has 0 saturated heterocycles. The molecule has 2 N–H and O–H groups in total. The van der Waals surface area contributed by atoms with E-state index in [1.54, 1.807) is 12.2 Å². The second kappa shape index (κ2) is 6.69. The van der Waals surface area contributed by atoms with Crippen LogP contribution in [0.3, 0.4) is 0 Å². The number of nitrogens with two attached hydrogens (primary N) is 1. The standard InChI is InChI=1S/C13H17NO2/c1-3-7-15-10-11-9-12(16-8-4-2)5-6-13(11)14/h3-6,9H,1-2,7-8,10,14H2. The van der Waals surface area contributed by atoms with E-state index in [0.29, 0.717) is 25.5 Å². The highest BCUT2D eigenvalue weighted by atomic mass is 16.5. The number of ether oxygens (including phenoxy) is 2. The van der Waals surface area contributed by atoms with Gasteiger partial charge in [0.2, 0.25) is 0 Å². The smallest absolute Gasteiger partial charge is 0.120 e. The van der Waals surface area contributed by atoms with Gasteiger partial charge >= 0.3 is 0 Å². The zero-order valence-electron chi connectivity index (χ0n) is 9.32. The quantitative estimate of drug-likeness (QED) is 0.435. The van der Waals surface area contributed by atoms with Crippen molar-refractivity contribution in [2.24, 2.45) is 0 Å². The van der Waals surface area contributed by atoms with Gasteiger partial charge in [-0.05, 0) is 18.2 Å². The van der Waals surface area contributed by atoms with Crippen LogP contribution < -0.4 is 10.5 Å². The van der Waals surface area contributed by atoms with Crippen LogP contribution in [0.2, 0.25) is 0 Å². The summed E-state index contributed by atoms with van der Waals surface area (Å²) in [7, 11) is 0. The first-order valence-electron chi connectivity index (χ1n) is 5.08. The predicted molar refractivity (Wildman–Crippen MR) is 66.4 cm³/mol. The summed E-state index contributed by atoms with van der Waals surface area (Å²) in [5, 5.41) is 0. The maximum absolute atomic E-state index is 5.82. The number of hydrogen-bond acceptors (Lipinski definition) is 3. The molecule has 1 aromatic rings. The second-order valence-electron chi connectivity index (χ2n) is 3.26. The monoisotopic (exact) mass is 219 g/mol. The van der Waals surface area contributed by atoms with E-state index >= 15 is 0 Å². The summed E-state index contributed by atoms with van der Waals surface area (Å²) in [5.41, 5.74) is 7.44. The van der Waals surface area contributed by atoms with Gasteiger partial charge in [-0.1, -0.05) is 18.7 Å². The molecule has 0 aliphatic heterocycles. The van der Waals surface area contributed by atoms with Gasteiger partial charge in [0.25, 0.3) is 0 Å². The first-order valence-corrected chi connectivity index (χ1v) is 5.08. The molecule has 0 heterocycles. The largest absolute Gasteiger partial charge is 0.490 e. The number of benzene rings is 1. The van der Waals surface area contributed by atoms with Gasteiger partial charge in [0.15, 0.2) is 0 Å². The van der Waals surface area contributed by atoms with Crippen molar-refractivity contribution in [2.45, 2.75) is 6.61 Å². The van der Waals surface area contributed by atoms with E-state index in [1.807, 2.05) is 18.2 Å². The maximum atomic E-state index is 5.82. The van der Waals surface area contributed by atoms with Gasteiger partial charge in [-0.3, -0.25) is 0 Å². The zero-order chi connectivity index (χ0) is 11.8. The highest BCUT2D eigenvalue weighted by Gasteiger charge is 2.01. The average molecular weight is 219 g/mol. The molecule has 3 nitrogen and oxygen atoms in total. The summed E-state index contributed by atoms with van der Waals surface area (Å²) in [4.78, 5) is 0. The van der Waals surface area contributed by atoms with Crippen molar-refractivity contribution in [3.63, 3.8) is 0 Å². The number of anilines is 1. The Labute approximate surface area is 96.2 Å². The van der Waals surface area contributed by atoms with Crippen molar-refractivity contribution in [2.75, 3.05) is 18.9 Å². The summed E-state index contributed by atoms with van der Waals surface area (Å²) in [6.07, 6.45) is 3.40. The minimum Gasteiger partial charge on any atom is -0.490 e. The molecule has 1 aromatic carbocycles. The van der Waals surface area contributed by atoms with Crippen LogP contribution >= 0.6 is 0 Å². The molecule has 16 heavy (non-hydrogen) atoms. The Morgan fingerprint density at radius 3 is 2.62 bits per heavy atom. The van der Waals surface area contributed by atoms with Gasteiger partial charge in [0.05, 0.1) is 13.2 Å². The summed E-state index contributed by atoms with van der Waals surface area (Å²) >= 11 is 0. The lowest BCUT2D eigenvalue weighted by atomic mass is 10.2. The lowest BCUT2D eigenvalue weighted by molar-refractivity contribution is 0.149. The van der Waals surface area contributed by atoms with Crippen molar-refractivity contribution >= 4 is 5.69 Å². The molecule has 0 saturated carbocycles. The third-order valence-corrected chi connectivity index (χ3v) is 1.98. The van der Waals surface area contributed by atoms with E-state index in [1.165, 1.54) is 0 Å². The molecule has 0 aliphatic rings. The van der Waals surface area contributed by atoms with Crippen LogP contribution in [0, 0.1) is 0 Å². The molecule has 0 aliphatic carbocycles. The van der Waals surface area contributed by atoms with Gasteiger partial charge in [-0.2, -0.15) is 0 Å². The number of rotatable bonds is 7. The Bertz CT molecular complexity index is 361. The number of hydrogen-bond donors (Lipinski definition) is 1. The Balaban J connectivity index is 2.65. The molecule has 0 amide bonds. The van der Waals surface area contributed by atoms with Crippen LogP contribution in [0.5, 0.6) is 5.75 Å². The van der Waals surface area contributed by atoms with Crippen molar-refractivity contribution in [3.8, 4) is 5.75 Å². The van der Waals surface area contributed by atoms with Gasteiger partial charge in [-0.25, -0.2) is 0 Å². The molecule has 0 atom stereocenters. The molecule has 0 spiro atoms. The highest BCUT2D eigenvalue weighted by Crippen LogP contribution is 2.20. The van der Waals surface area contributed by atoms with E-state index in [-0.39, 0.29) is 0 Å². The van der Waals surface area contributed by atoms with E-state index in [4.69, 9.17) is 15.2 Å². The first kappa shape index (κ1) is 12.3. The van der Waals surface area contributed by atoms with Crippen LogP contribution in [0.25, 0.3) is 0 Å². The summed E-state index contributed by atoms with van der Waals surface area (Å²) in [6.45, 7) is 8.63. The Morgan fingerprint density at radius 1 is 1.19 bits per heavy atom. The molecular formula is C13H17NO2. The Morgan fingerprint density at radius 2 is 1.94 bits per heavy atom. The summed E-state index contributed by atoms with van der Waals surface area (Å²) in [5.74, 6) is 0.770. The minimum atomic E-state index is 0.461. The molecule has 0 fully saturated rings. The third kappa shape index (κ3) is 3.79. The molecule has 1 rings (SSSR count). The summed E-state index contributed by atoms with van der Waals surface area (Å²) < 4.78 is 10.7. The van der Waals surface area contributed by atoms with E-state index in [0.717, 1.165) is 11.3 Å². The first-order chi connectivity index (χ1) is 7.77. The molecule has 0 radical (unpaired) electrons. The average Bonchev–Trinajstić information content (AvgIpc) is 2.30. The van der Waals surface area contributed by atoms with Crippen LogP contribution in [0.15, 0.2) is 43.5 Å². The lowest BCUT2D eigenvalue weighted by Crippen LogP contribution is -2.00. The molecule has 0 unspecified atom stereocenters. The van der Waals surface area contributed by atoms with Gasteiger partial charge < -0.3 is 15.2 Å². The molecule has 3 heteroatoms. The topological polar surface area (TPSA) is 44.5 Å². The second-order valence-corrected chi connectivity index (χ2v) is 3.26. The molecular weight excluding hydrogens is 202 g/mol. The summed E-state index contributed by atoms with van der Waals surface area (Å²) in [6, 6.07) is 5.52. The van der Waals surface area contributed by atoms with Crippen molar-refractivity contribution in [3.05, 3.63) is 49.1 Å². The molecule has 0 aromatic heterocycles. The maximum Gasteiger partial charge on any atom is 0.120 e. The normalized spacial score (nSPS) is 9.75. The van der Waals surface area contributed by atoms with Crippen LogP contribution in [0.4, 0.5) is 5.69 Å². The molecule has 86 valence electrons. The zero-order valence-corrected chi connectivity index (χ0v) is 9.32. The van der Waals surface area contributed by atoms with Crippen LogP contribution in [-0.2, 0) is 11.3 Å². The van der Waals surface area contributed by atoms with Crippen LogP contribution in [0.1, 0.15) is 5.56 Å². The predicted octanol–water partition coefficient (Wildman–Crippen LogP) is 2.54. The third-order valence-electron chi connectivity index (χ3n) is 1.98. The fourth-order valence-electron chi connectivity index (χ4n) is 1.20. The van der Waals surface area contributed by atoms with Gasteiger partial charge in [0.1, 0.15) is 12.4 Å². The van der Waals surface area contributed by atoms with Gasteiger partial charge in [-0.15, -0.1) is 6.58 Å². The van der Waals surface area contributed by atoms with Crippen molar-refractivity contribution in [1.29, 1.82) is 0 Å². The van der Waals surface area contributed by atoms with E-state index in [9.17, 15) is 0 Å². The van der Waals surface area contributed by atoms with Gasteiger partial charge in [0, 0.05) is 11.3 Å².